The third-order valence-corrected chi connectivity index (χ3v) is 11.5. The molecule has 11 rings (SSSR count). The molecule has 1 aromatic heterocycles. The topological polar surface area (TPSA) is 16.4 Å². The first kappa shape index (κ1) is 33.6. The molecule has 0 spiro atoms. The highest BCUT2D eigenvalue weighted by Crippen LogP contribution is 2.45. The lowest BCUT2D eigenvalue weighted by Crippen LogP contribution is -2.11. The lowest BCUT2D eigenvalue weighted by atomic mass is 9.95. The van der Waals surface area contributed by atoms with E-state index >= 15 is 0 Å². The summed E-state index contributed by atoms with van der Waals surface area (Å²) in [5, 5.41) is 7.23. The normalized spacial score (nSPS) is 11.4. The molecule has 272 valence electrons. The van der Waals surface area contributed by atoms with Crippen molar-refractivity contribution in [2.75, 3.05) is 4.90 Å². The maximum absolute atomic E-state index is 6.60. The van der Waals surface area contributed by atoms with E-state index in [0.29, 0.717) is 0 Å². The van der Waals surface area contributed by atoms with E-state index in [9.17, 15) is 0 Å². The lowest BCUT2D eigenvalue weighted by Gasteiger charge is -2.28. The van der Waals surface area contributed by atoms with Crippen LogP contribution in [0.4, 0.5) is 17.1 Å². The van der Waals surface area contributed by atoms with Crippen molar-refractivity contribution in [3.63, 3.8) is 0 Å². The molecule has 0 saturated heterocycles. The Balaban J connectivity index is 1.04. The highest BCUT2D eigenvalue weighted by molar-refractivity contribution is 6.11. The number of rotatable bonds is 7. The van der Waals surface area contributed by atoms with Gasteiger partial charge in [0.25, 0.3) is 0 Å². The average Bonchev–Trinajstić information content (AvgIpc) is 3.69. The van der Waals surface area contributed by atoms with Gasteiger partial charge in [-0.1, -0.05) is 182 Å². The van der Waals surface area contributed by atoms with Gasteiger partial charge in [-0.25, -0.2) is 0 Å². The fraction of sp³-hybridized carbons (Fsp3) is 0. The smallest absolute Gasteiger partial charge is 0.143 e. The van der Waals surface area contributed by atoms with E-state index in [1.165, 1.54) is 49.4 Å². The highest BCUT2D eigenvalue weighted by Gasteiger charge is 2.21. The second-order valence-electron chi connectivity index (χ2n) is 14.9. The molecule has 0 radical (unpaired) electrons. The second kappa shape index (κ2) is 14.1. The third kappa shape index (κ3) is 5.82. The zero-order chi connectivity index (χ0) is 38.4. The molecule has 0 aliphatic rings. The molecule has 2 nitrogen and oxygen atoms in total. The summed E-state index contributed by atoms with van der Waals surface area (Å²) in [6.45, 7) is 0. The van der Waals surface area contributed by atoms with Crippen LogP contribution < -0.4 is 4.90 Å². The molecule has 0 aliphatic carbocycles. The van der Waals surface area contributed by atoms with Gasteiger partial charge in [-0.15, -0.1) is 0 Å². The van der Waals surface area contributed by atoms with Crippen LogP contribution in [-0.4, -0.2) is 0 Å². The molecule has 0 amide bonds. The zero-order valence-electron chi connectivity index (χ0n) is 31.7. The van der Waals surface area contributed by atoms with Gasteiger partial charge in [-0.2, -0.15) is 0 Å². The summed E-state index contributed by atoms with van der Waals surface area (Å²) in [6, 6.07) is 80.6. The molecule has 0 aliphatic heterocycles. The van der Waals surface area contributed by atoms with Crippen molar-refractivity contribution < 1.29 is 4.42 Å². The van der Waals surface area contributed by atoms with Gasteiger partial charge < -0.3 is 9.32 Å². The summed E-state index contributed by atoms with van der Waals surface area (Å²) in [7, 11) is 0. The van der Waals surface area contributed by atoms with Crippen molar-refractivity contribution in [3.05, 3.63) is 224 Å². The number of fused-ring (bicyclic) bond motifs is 5. The number of para-hydroxylation sites is 3. The van der Waals surface area contributed by atoms with Gasteiger partial charge in [0.15, 0.2) is 0 Å². The molecule has 0 atom stereocenters. The Morgan fingerprint density at radius 1 is 0.293 bits per heavy atom. The predicted molar refractivity (Wildman–Crippen MR) is 245 cm³/mol. The monoisotopic (exact) mass is 739 g/mol. The first-order valence-electron chi connectivity index (χ1n) is 19.8. The van der Waals surface area contributed by atoms with Crippen molar-refractivity contribution in [2.24, 2.45) is 0 Å². The van der Waals surface area contributed by atoms with Crippen LogP contribution in [0.25, 0.3) is 88.0 Å². The fourth-order valence-corrected chi connectivity index (χ4v) is 8.70. The van der Waals surface area contributed by atoms with Crippen molar-refractivity contribution >= 4 is 60.5 Å². The number of hydrogen-bond acceptors (Lipinski definition) is 2. The van der Waals surface area contributed by atoms with Gasteiger partial charge in [-0.3, -0.25) is 0 Å². The van der Waals surface area contributed by atoms with Gasteiger partial charge in [0.2, 0.25) is 0 Å². The molecule has 2 heteroatoms. The van der Waals surface area contributed by atoms with Crippen LogP contribution in [0, 0.1) is 0 Å². The molecule has 0 bridgehead atoms. The maximum Gasteiger partial charge on any atom is 0.143 e. The molecule has 0 saturated carbocycles. The summed E-state index contributed by atoms with van der Waals surface area (Å²) in [5.41, 5.74) is 14.3. The molecule has 58 heavy (non-hydrogen) atoms. The molecule has 0 unspecified atom stereocenters. The van der Waals surface area contributed by atoms with Crippen LogP contribution in [0.5, 0.6) is 0 Å². The molecule has 1 heterocycles. The number of furan rings is 1. The zero-order valence-corrected chi connectivity index (χ0v) is 31.7. The van der Waals surface area contributed by atoms with Gasteiger partial charge >= 0.3 is 0 Å². The fourth-order valence-electron chi connectivity index (χ4n) is 8.70. The van der Waals surface area contributed by atoms with E-state index in [1.807, 2.05) is 12.1 Å². The summed E-state index contributed by atoms with van der Waals surface area (Å²) in [6.07, 6.45) is 0. The predicted octanol–water partition coefficient (Wildman–Crippen LogP) is 16.0. The van der Waals surface area contributed by atoms with Gasteiger partial charge in [0, 0.05) is 33.3 Å². The van der Waals surface area contributed by atoms with Crippen LogP contribution in [0.1, 0.15) is 0 Å². The molecule has 0 fully saturated rings. The third-order valence-electron chi connectivity index (χ3n) is 11.5. The van der Waals surface area contributed by atoms with E-state index in [-0.39, 0.29) is 0 Å². The van der Waals surface area contributed by atoms with Crippen molar-refractivity contribution in [3.8, 4) is 44.5 Å². The van der Waals surface area contributed by atoms with Crippen LogP contribution >= 0.6 is 0 Å². The van der Waals surface area contributed by atoms with Crippen LogP contribution in [0.2, 0.25) is 0 Å². The van der Waals surface area contributed by atoms with Crippen molar-refractivity contribution in [1.82, 2.24) is 0 Å². The Labute approximate surface area is 337 Å². The van der Waals surface area contributed by atoms with Crippen LogP contribution in [0.15, 0.2) is 229 Å². The first-order valence-corrected chi connectivity index (χ1v) is 19.8. The maximum atomic E-state index is 6.60. The van der Waals surface area contributed by atoms with E-state index in [4.69, 9.17) is 4.42 Å². The molecule has 0 N–H and O–H groups in total. The minimum absolute atomic E-state index is 0.892. The van der Waals surface area contributed by atoms with Gasteiger partial charge in [-0.05, 0) is 97.4 Å². The van der Waals surface area contributed by atoms with Gasteiger partial charge in [0.05, 0.1) is 5.69 Å². The van der Waals surface area contributed by atoms with Crippen molar-refractivity contribution in [2.45, 2.75) is 0 Å². The van der Waals surface area contributed by atoms with Crippen molar-refractivity contribution in [1.29, 1.82) is 0 Å². The van der Waals surface area contributed by atoms with Crippen LogP contribution in [-0.2, 0) is 0 Å². The molecule has 10 aromatic carbocycles. The first-order chi connectivity index (χ1) is 28.8. The van der Waals surface area contributed by atoms with Gasteiger partial charge in [0.1, 0.15) is 11.2 Å². The summed E-state index contributed by atoms with van der Waals surface area (Å²) < 4.78 is 6.60. The molecule has 11 aromatic rings. The largest absolute Gasteiger partial charge is 0.455 e. The molecular formula is C56H37NO. The quantitative estimate of drug-likeness (QED) is 0.162. The summed E-state index contributed by atoms with van der Waals surface area (Å²) >= 11 is 0. The Morgan fingerprint density at radius 3 is 1.50 bits per heavy atom. The average molecular weight is 740 g/mol. The van der Waals surface area contributed by atoms with E-state index < -0.39 is 0 Å². The van der Waals surface area contributed by atoms with E-state index in [2.05, 4.69) is 217 Å². The standard InChI is InChI=1S/C56H37NO/c1-3-19-46-39(13-1)15-10-23-48(46)41-31-35-45(36-32-41)57(54-27-7-5-21-50(54)52-25-12-26-53-51-22-6-8-28-55(51)58-56(52)53)44-33-29-38(30-34-44)42-17-9-18-43(37-42)49-24-11-16-40-14-2-4-20-47(40)49/h1-37H. The minimum Gasteiger partial charge on any atom is -0.455 e. The number of nitrogens with zero attached hydrogens (tertiary/aromatic N) is 1. The highest BCUT2D eigenvalue weighted by atomic mass is 16.3. The Hall–Kier alpha value is -7.68. The van der Waals surface area contributed by atoms with E-state index in [1.54, 1.807) is 0 Å². The summed E-state index contributed by atoms with van der Waals surface area (Å²) in [4.78, 5) is 2.38. The Kier molecular flexibility index (Phi) is 8.19. The minimum atomic E-state index is 0.892. The Bertz CT molecular complexity index is 3270. The van der Waals surface area contributed by atoms with Crippen LogP contribution in [0.3, 0.4) is 0 Å². The number of benzene rings is 10. The Morgan fingerprint density at radius 2 is 0.776 bits per heavy atom. The number of hydrogen-bond donors (Lipinski definition) is 0. The second-order valence-corrected chi connectivity index (χ2v) is 14.9. The number of anilines is 3. The lowest BCUT2D eigenvalue weighted by molar-refractivity contribution is 0.670. The van der Waals surface area contributed by atoms with E-state index in [0.717, 1.165) is 55.7 Å². The molecular weight excluding hydrogens is 703 g/mol. The summed E-state index contributed by atoms with van der Waals surface area (Å²) in [5.74, 6) is 0. The SMILES string of the molecule is c1cc(-c2ccc(N(c3ccc(-c4cccc5ccccc45)cc3)c3ccccc3-c3cccc4c3oc3ccccc34)cc2)cc(-c2cccc3ccccc23)c1.